The third-order valence-electron chi connectivity index (χ3n) is 2.46. The Hall–Kier alpha value is -1.43. The van der Waals surface area contributed by atoms with Crippen molar-refractivity contribution in [3.05, 3.63) is 16.1 Å². The zero-order valence-corrected chi connectivity index (χ0v) is 13.6. The number of ether oxygens (including phenoxy) is 1. The van der Waals surface area contributed by atoms with Crippen molar-refractivity contribution in [3.8, 4) is 0 Å². The van der Waals surface area contributed by atoms with E-state index in [1.807, 2.05) is 20.8 Å². The van der Waals surface area contributed by atoms with Crippen molar-refractivity contribution in [1.29, 1.82) is 0 Å². The van der Waals surface area contributed by atoms with E-state index < -0.39 is 17.6 Å². The van der Waals surface area contributed by atoms with E-state index in [4.69, 9.17) is 4.74 Å². The molecule has 0 unspecified atom stereocenters. The summed E-state index contributed by atoms with van der Waals surface area (Å²) in [7, 11) is 0. The van der Waals surface area contributed by atoms with Crippen LogP contribution in [0.15, 0.2) is 6.20 Å². The minimum absolute atomic E-state index is 0.0529. The van der Waals surface area contributed by atoms with Gasteiger partial charge >= 0.3 is 5.97 Å². The van der Waals surface area contributed by atoms with Gasteiger partial charge in [0.25, 0.3) is 5.91 Å². The van der Waals surface area contributed by atoms with Crippen LogP contribution in [-0.4, -0.2) is 28.5 Å². The van der Waals surface area contributed by atoms with E-state index in [-0.39, 0.29) is 11.8 Å². The van der Waals surface area contributed by atoms with Crippen LogP contribution in [0.5, 0.6) is 0 Å². The molecule has 0 saturated carbocycles. The summed E-state index contributed by atoms with van der Waals surface area (Å²) < 4.78 is 5.34. The SMILES string of the molecule is Cc1ncc(C(=O)N[C@H](C(=O)OC(C)(C)C)C(C)C)s1. The first-order chi connectivity index (χ1) is 9.10. The molecule has 0 aliphatic rings. The van der Waals surface area contributed by atoms with E-state index in [9.17, 15) is 9.59 Å². The van der Waals surface area contributed by atoms with E-state index in [2.05, 4.69) is 10.3 Å². The monoisotopic (exact) mass is 298 g/mol. The fourth-order valence-corrected chi connectivity index (χ4v) is 2.22. The molecular weight excluding hydrogens is 276 g/mol. The Kier molecular flexibility index (Phi) is 5.28. The maximum absolute atomic E-state index is 12.1. The van der Waals surface area contributed by atoms with Crippen LogP contribution in [-0.2, 0) is 9.53 Å². The lowest BCUT2D eigenvalue weighted by Crippen LogP contribution is -2.47. The molecule has 1 atom stereocenters. The van der Waals surface area contributed by atoms with Crippen LogP contribution in [0.2, 0.25) is 0 Å². The number of carbonyl (C=O) groups is 2. The molecule has 0 radical (unpaired) electrons. The highest BCUT2D eigenvalue weighted by atomic mass is 32.1. The Balaban J connectivity index is 2.77. The quantitative estimate of drug-likeness (QED) is 0.867. The predicted molar refractivity (Wildman–Crippen MR) is 78.8 cm³/mol. The number of aromatic nitrogens is 1. The van der Waals surface area contributed by atoms with Crippen molar-refractivity contribution >= 4 is 23.2 Å². The molecule has 0 saturated heterocycles. The zero-order valence-electron chi connectivity index (χ0n) is 12.8. The van der Waals surface area contributed by atoms with Crippen LogP contribution in [0.3, 0.4) is 0 Å². The van der Waals surface area contributed by atoms with Crippen LogP contribution in [0.25, 0.3) is 0 Å². The minimum Gasteiger partial charge on any atom is -0.458 e. The number of aryl methyl sites for hydroxylation is 1. The summed E-state index contributed by atoms with van der Waals surface area (Å²) in [6, 6.07) is -0.663. The third kappa shape index (κ3) is 4.92. The molecule has 1 aromatic rings. The second-order valence-electron chi connectivity index (χ2n) is 5.97. The molecule has 0 spiro atoms. The van der Waals surface area contributed by atoms with Gasteiger partial charge in [0, 0.05) is 0 Å². The van der Waals surface area contributed by atoms with Gasteiger partial charge in [-0.15, -0.1) is 11.3 Å². The minimum atomic E-state index is -0.663. The number of nitrogens with one attached hydrogen (secondary N) is 1. The first-order valence-electron chi connectivity index (χ1n) is 6.56. The molecule has 0 aliphatic heterocycles. The Labute approximate surface area is 123 Å². The number of hydrogen-bond donors (Lipinski definition) is 1. The fraction of sp³-hybridized carbons (Fsp3) is 0.643. The first kappa shape index (κ1) is 16.6. The van der Waals surface area contributed by atoms with Crippen molar-refractivity contribution < 1.29 is 14.3 Å². The van der Waals surface area contributed by atoms with Crippen LogP contribution < -0.4 is 5.32 Å². The molecule has 0 bridgehead atoms. The van der Waals surface area contributed by atoms with Gasteiger partial charge in [0.15, 0.2) is 0 Å². The summed E-state index contributed by atoms with van der Waals surface area (Å²) in [5.41, 5.74) is -0.573. The van der Waals surface area contributed by atoms with Crippen LogP contribution >= 0.6 is 11.3 Å². The highest BCUT2D eigenvalue weighted by Crippen LogP contribution is 2.15. The largest absolute Gasteiger partial charge is 0.458 e. The topological polar surface area (TPSA) is 68.3 Å². The van der Waals surface area contributed by atoms with Crippen molar-refractivity contribution in [2.45, 2.75) is 53.2 Å². The van der Waals surface area contributed by atoms with Gasteiger partial charge in [-0.25, -0.2) is 9.78 Å². The van der Waals surface area contributed by atoms with Gasteiger partial charge in [0.2, 0.25) is 0 Å². The molecule has 6 heteroatoms. The molecule has 112 valence electrons. The van der Waals surface area contributed by atoms with Crippen molar-refractivity contribution in [2.75, 3.05) is 0 Å². The van der Waals surface area contributed by atoms with Gasteiger partial charge < -0.3 is 10.1 Å². The summed E-state index contributed by atoms with van der Waals surface area (Å²) in [5, 5.41) is 3.54. The number of amides is 1. The second kappa shape index (κ2) is 6.35. The maximum Gasteiger partial charge on any atom is 0.329 e. The van der Waals surface area contributed by atoms with Gasteiger partial charge in [-0.05, 0) is 33.6 Å². The molecule has 1 N–H and O–H groups in total. The zero-order chi connectivity index (χ0) is 15.5. The molecular formula is C14H22N2O3S. The molecule has 1 amide bonds. The first-order valence-corrected chi connectivity index (χ1v) is 7.38. The highest BCUT2D eigenvalue weighted by Gasteiger charge is 2.29. The maximum atomic E-state index is 12.1. The average molecular weight is 298 g/mol. The van der Waals surface area contributed by atoms with Crippen LogP contribution in [0.1, 0.15) is 49.3 Å². The van der Waals surface area contributed by atoms with Gasteiger partial charge in [0.1, 0.15) is 16.5 Å². The average Bonchev–Trinajstić information content (AvgIpc) is 2.69. The highest BCUT2D eigenvalue weighted by molar-refractivity contribution is 7.13. The number of thiazole rings is 1. The smallest absolute Gasteiger partial charge is 0.329 e. The van der Waals surface area contributed by atoms with E-state index in [0.29, 0.717) is 4.88 Å². The van der Waals surface area contributed by atoms with E-state index in [0.717, 1.165) is 5.01 Å². The normalized spacial score (nSPS) is 13.2. The van der Waals surface area contributed by atoms with Crippen LogP contribution in [0.4, 0.5) is 0 Å². The lowest BCUT2D eigenvalue weighted by atomic mass is 10.0. The Morgan fingerprint density at radius 3 is 2.35 bits per heavy atom. The summed E-state index contributed by atoms with van der Waals surface area (Å²) in [6.07, 6.45) is 1.52. The third-order valence-corrected chi connectivity index (χ3v) is 3.37. The van der Waals surface area contributed by atoms with E-state index in [1.54, 1.807) is 20.8 Å². The van der Waals surface area contributed by atoms with Crippen LogP contribution in [0, 0.1) is 12.8 Å². The summed E-state index contributed by atoms with van der Waals surface area (Å²) in [4.78, 5) is 28.8. The van der Waals surface area contributed by atoms with E-state index in [1.165, 1.54) is 17.5 Å². The summed E-state index contributed by atoms with van der Waals surface area (Å²) in [6.45, 7) is 11.0. The number of rotatable bonds is 4. The molecule has 0 aromatic carbocycles. The molecule has 1 rings (SSSR count). The molecule has 1 aromatic heterocycles. The molecule has 0 aliphatic carbocycles. The number of hydrogen-bond acceptors (Lipinski definition) is 5. The molecule has 5 nitrogen and oxygen atoms in total. The van der Waals surface area contributed by atoms with Gasteiger partial charge in [0.05, 0.1) is 11.2 Å². The van der Waals surface area contributed by atoms with Gasteiger partial charge in [-0.3, -0.25) is 4.79 Å². The van der Waals surface area contributed by atoms with Crippen molar-refractivity contribution in [3.63, 3.8) is 0 Å². The lowest BCUT2D eigenvalue weighted by Gasteiger charge is -2.26. The number of nitrogens with zero attached hydrogens (tertiary/aromatic N) is 1. The Morgan fingerprint density at radius 1 is 1.35 bits per heavy atom. The fourth-order valence-electron chi connectivity index (χ4n) is 1.54. The summed E-state index contributed by atoms with van der Waals surface area (Å²) >= 11 is 1.30. The number of carbonyl (C=O) groups excluding carboxylic acids is 2. The van der Waals surface area contributed by atoms with Gasteiger partial charge in [-0.2, -0.15) is 0 Å². The Morgan fingerprint density at radius 2 is 1.95 bits per heavy atom. The predicted octanol–water partition coefficient (Wildman–Crippen LogP) is 2.55. The van der Waals surface area contributed by atoms with E-state index >= 15 is 0 Å². The second-order valence-corrected chi connectivity index (χ2v) is 7.21. The van der Waals surface area contributed by atoms with Crippen molar-refractivity contribution in [1.82, 2.24) is 10.3 Å². The molecule has 0 fully saturated rings. The lowest BCUT2D eigenvalue weighted by molar-refractivity contribution is -0.158. The van der Waals surface area contributed by atoms with Gasteiger partial charge in [-0.1, -0.05) is 13.8 Å². The summed E-state index contributed by atoms with van der Waals surface area (Å²) in [5.74, 6) is -0.759. The standard InChI is InChI=1S/C14H22N2O3S/c1-8(2)11(13(18)19-14(4,5)6)16-12(17)10-7-15-9(3)20-10/h7-8,11H,1-6H3,(H,16,17)/t11-/m0/s1. The molecule has 1 heterocycles. The Bertz CT molecular complexity index is 489. The van der Waals surface area contributed by atoms with Crippen molar-refractivity contribution in [2.24, 2.45) is 5.92 Å². The molecule has 20 heavy (non-hydrogen) atoms. The number of esters is 1.